The number of rotatable bonds is 4. The lowest BCUT2D eigenvalue weighted by atomic mass is 9.94. The number of benzene rings is 2. The number of H-pyrrole nitrogens is 1. The van der Waals surface area contributed by atoms with Crippen LogP contribution in [0.5, 0.6) is 11.5 Å². The van der Waals surface area contributed by atoms with E-state index in [9.17, 15) is 14.7 Å². The second-order valence-electron chi connectivity index (χ2n) is 7.67. The number of phenolic OH excluding ortho intramolecular Hbond substituents is 1. The number of aromatic amines is 1. The van der Waals surface area contributed by atoms with Gasteiger partial charge in [-0.25, -0.2) is 5.01 Å². The number of piperazine rings is 1. The van der Waals surface area contributed by atoms with Crippen molar-refractivity contribution in [3.63, 3.8) is 0 Å². The molecule has 2 aliphatic rings. The molecule has 2 aromatic carbocycles. The van der Waals surface area contributed by atoms with E-state index in [1.165, 1.54) is 17.3 Å². The Morgan fingerprint density at radius 1 is 1.23 bits per heavy atom. The maximum atomic E-state index is 13.2. The second kappa shape index (κ2) is 7.46. The van der Waals surface area contributed by atoms with Crippen LogP contribution in [0, 0.1) is 0 Å². The normalized spacial score (nSPS) is 18.5. The molecule has 0 unspecified atom stereocenters. The number of aromatic nitrogens is 1. The Bertz CT molecular complexity index is 1220. The smallest absolute Gasteiger partial charge is 0.266 e. The molecule has 3 heterocycles. The van der Waals surface area contributed by atoms with Crippen molar-refractivity contribution in [1.29, 1.82) is 0 Å². The average Bonchev–Trinajstić information content (AvgIpc) is 3.14. The first-order chi connectivity index (χ1) is 15.0. The molecule has 0 spiro atoms. The fraction of sp³-hybridized carbons (Fsp3) is 0.261. The van der Waals surface area contributed by atoms with E-state index < -0.39 is 6.04 Å². The first-order valence-corrected chi connectivity index (χ1v) is 10.2. The van der Waals surface area contributed by atoms with Crippen molar-refractivity contribution >= 4 is 28.9 Å². The van der Waals surface area contributed by atoms with Gasteiger partial charge in [-0.3, -0.25) is 9.59 Å². The third kappa shape index (κ3) is 3.30. The van der Waals surface area contributed by atoms with Crippen LogP contribution in [0.25, 0.3) is 10.9 Å². The summed E-state index contributed by atoms with van der Waals surface area (Å²) in [4.78, 5) is 31.0. The molecule has 5 rings (SSSR count). The molecule has 1 saturated heterocycles. The predicted molar refractivity (Wildman–Crippen MR) is 115 cm³/mol. The van der Waals surface area contributed by atoms with Crippen LogP contribution in [0.15, 0.2) is 47.6 Å². The number of aromatic hydroxyl groups is 1. The topological polar surface area (TPSA) is 98.2 Å². The van der Waals surface area contributed by atoms with E-state index >= 15 is 0 Å². The Balaban J connectivity index is 1.40. The average molecular weight is 418 g/mol. The quantitative estimate of drug-likeness (QED) is 0.636. The molecule has 31 heavy (non-hydrogen) atoms. The van der Waals surface area contributed by atoms with Crippen molar-refractivity contribution < 1.29 is 19.4 Å². The largest absolute Gasteiger partial charge is 0.504 e. The summed E-state index contributed by atoms with van der Waals surface area (Å²) >= 11 is 0. The van der Waals surface area contributed by atoms with Gasteiger partial charge in [0.15, 0.2) is 11.5 Å². The molecule has 3 aromatic rings. The van der Waals surface area contributed by atoms with Crippen molar-refractivity contribution in [2.75, 3.05) is 13.2 Å². The van der Waals surface area contributed by atoms with Gasteiger partial charge in [-0.2, -0.15) is 5.10 Å². The number of nitrogens with one attached hydrogen (secondary N) is 1. The zero-order valence-corrected chi connectivity index (χ0v) is 17.0. The van der Waals surface area contributed by atoms with Crippen LogP contribution in [-0.2, 0) is 22.6 Å². The Labute approximate surface area is 178 Å². The number of nitrogens with zero attached hydrogens (tertiary/aromatic N) is 3. The third-order valence-electron chi connectivity index (χ3n) is 5.78. The molecule has 8 nitrogen and oxygen atoms in total. The number of amides is 2. The van der Waals surface area contributed by atoms with Crippen LogP contribution >= 0.6 is 0 Å². The first-order valence-electron chi connectivity index (χ1n) is 10.2. The summed E-state index contributed by atoms with van der Waals surface area (Å²) in [6.45, 7) is 2.54. The van der Waals surface area contributed by atoms with Gasteiger partial charge >= 0.3 is 0 Å². The van der Waals surface area contributed by atoms with Gasteiger partial charge in [-0.15, -0.1) is 0 Å². The van der Waals surface area contributed by atoms with Crippen LogP contribution in [0.3, 0.4) is 0 Å². The van der Waals surface area contributed by atoms with Crippen molar-refractivity contribution in [1.82, 2.24) is 14.9 Å². The molecule has 0 radical (unpaired) electrons. The van der Waals surface area contributed by atoms with E-state index in [1.807, 2.05) is 31.2 Å². The standard InChI is InChI=1S/C23H22N4O4/c1-2-31-21-9-14(7-8-20(21)28)11-24-27-13-22(29)26-12-18-16(10-19(26)23(27)30)15-5-3-4-6-17(15)25-18/h3-9,11,19,25,28H,2,10,12-13H2,1H3/b24-11+/t19-/m1/s1. The maximum Gasteiger partial charge on any atom is 0.266 e. The molecule has 2 amide bonds. The summed E-state index contributed by atoms with van der Waals surface area (Å²) in [5.41, 5.74) is 3.75. The molecular weight excluding hydrogens is 396 g/mol. The van der Waals surface area contributed by atoms with Crippen molar-refractivity contribution in [2.24, 2.45) is 5.10 Å². The molecule has 1 aromatic heterocycles. The van der Waals surface area contributed by atoms with E-state index in [-0.39, 0.29) is 24.1 Å². The fourth-order valence-corrected chi connectivity index (χ4v) is 4.28. The van der Waals surface area contributed by atoms with E-state index in [4.69, 9.17) is 4.74 Å². The molecule has 0 saturated carbocycles. The highest BCUT2D eigenvalue weighted by atomic mass is 16.5. The zero-order valence-electron chi connectivity index (χ0n) is 17.0. The van der Waals surface area contributed by atoms with E-state index in [0.29, 0.717) is 30.9 Å². The number of carbonyl (C=O) groups is 2. The summed E-state index contributed by atoms with van der Waals surface area (Å²) in [5, 5.41) is 16.4. The minimum atomic E-state index is -0.566. The van der Waals surface area contributed by atoms with Gasteiger partial charge in [0.05, 0.1) is 19.4 Å². The number of hydrazone groups is 1. The Morgan fingerprint density at radius 3 is 2.90 bits per heavy atom. The minimum Gasteiger partial charge on any atom is -0.504 e. The van der Waals surface area contributed by atoms with Crippen molar-refractivity contribution in [2.45, 2.75) is 25.9 Å². The van der Waals surface area contributed by atoms with Gasteiger partial charge < -0.3 is 19.7 Å². The zero-order chi connectivity index (χ0) is 21.5. The second-order valence-corrected chi connectivity index (χ2v) is 7.67. The SMILES string of the molecule is CCOc1cc(/C=N/N2CC(=O)N3Cc4[nH]c5ccccc5c4C[C@@H]3C2=O)ccc1O. The highest BCUT2D eigenvalue weighted by Crippen LogP contribution is 2.32. The molecule has 0 bridgehead atoms. The molecule has 158 valence electrons. The Hall–Kier alpha value is -3.81. The van der Waals surface area contributed by atoms with Crippen LogP contribution in [0.1, 0.15) is 23.7 Å². The fourth-order valence-electron chi connectivity index (χ4n) is 4.28. The first kappa shape index (κ1) is 19.2. The number of ether oxygens (including phenoxy) is 1. The minimum absolute atomic E-state index is 0.0376. The third-order valence-corrected chi connectivity index (χ3v) is 5.78. The number of hydrogen-bond acceptors (Lipinski definition) is 5. The van der Waals surface area contributed by atoms with Gasteiger partial charge in [0.1, 0.15) is 12.6 Å². The maximum absolute atomic E-state index is 13.2. The van der Waals surface area contributed by atoms with Gasteiger partial charge in [0.25, 0.3) is 5.91 Å². The molecule has 2 N–H and O–H groups in total. The Morgan fingerprint density at radius 2 is 2.06 bits per heavy atom. The summed E-state index contributed by atoms with van der Waals surface area (Å²) in [6.07, 6.45) is 1.96. The number of hydrogen-bond donors (Lipinski definition) is 2. The van der Waals surface area contributed by atoms with Crippen molar-refractivity contribution in [3.05, 3.63) is 59.3 Å². The van der Waals surface area contributed by atoms with Crippen LogP contribution in [-0.4, -0.2) is 57.2 Å². The lowest BCUT2D eigenvalue weighted by Crippen LogP contribution is -2.60. The van der Waals surface area contributed by atoms with Gasteiger partial charge in [0.2, 0.25) is 5.91 Å². The van der Waals surface area contributed by atoms with Crippen molar-refractivity contribution in [3.8, 4) is 11.5 Å². The molecule has 8 heteroatoms. The van der Waals surface area contributed by atoms with Crippen LogP contribution < -0.4 is 4.74 Å². The number of carbonyl (C=O) groups excluding carboxylic acids is 2. The molecule has 2 aliphatic heterocycles. The molecule has 1 fully saturated rings. The molecule has 0 aliphatic carbocycles. The summed E-state index contributed by atoms with van der Waals surface area (Å²) < 4.78 is 5.38. The van der Waals surface area contributed by atoms with Gasteiger partial charge in [-0.05, 0) is 42.3 Å². The molecule has 1 atom stereocenters. The Kier molecular flexibility index (Phi) is 4.62. The van der Waals surface area contributed by atoms with Crippen LogP contribution in [0.4, 0.5) is 0 Å². The van der Waals surface area contributed by atoms with Crippen LogP contribution in [0.2, 0.25) is 0 Å². The van der Waals surface area contributed by atoms with E-state index in [0.717, 1.165) is 22.2 Å². The number of phenols is 1. The molecular formula is C23H22N4O4. The number of fused-ring (bicyclic) bond motifs is 4. The highest BCUT2D eigenvalue weighted by Gasteiger charge is 2.43. The monoisotopic (exact) mass is 418 g/mol. The summed E-state index contributed by atoms with van der Waals surface area (Å²) in [5.74, 6) is 0.0517. The van der Waals surface area contributed by atoms with Gasteiger partial charge in [-0.1, -0.05) is 18.2 Å². The van der Waals surface area contributed by atoms with Gasteiger partial charge in [0, 0.05) is 23.0 Å². The highest BCUT2D eigenvalue weighted by molar-refractivity contribution is 5.97. The summed E-state index contributed by atoms with van der Waals surface area (Å²) in [7, 11) is 0. The van der Waals surface area contributed by atoms with E-state index in [2.05, 4.69) is 10.1 Å². The lowest BCUT2D eigenvalue weighted by Gasteiger charge is -2.40. The number of para-hydroxylation sites is 1. The summed E-state index contributed by atoms with van der Waals surface area (Å²) in [6, 6.07) is 12.2. The van der Waals surface area contributed by atoms with E-state index in [1.54, 1.807) is 17.0 Å². The predicted octanol–water partition coefficient (Wildman–Crippen LogP) is 2.40. The lowest BCUT2D eigenvalue weighted by molar-refractivity contribution is -0.157.